The number of nitrogens with one attached hydrogen (secondary N) is 1. The van der Waals surface area contributed by atoms with Gasteiger partial charge in [-0.3, -0.25) is 9.80 Å². The molecule has 0 aromatic rings. The summed E-state index contributed by atoms with van der Waals surface area (Å²) in [4.78, 5) is 5.16. The normalized spacial score (nSPS) is 28.6. The van der Waals surface area contributed by atoms with Crippen LogP contribution in [0.1, 0.15) is 26.7 Å². The molecular weight excluding hydrogens is 266 g/mol. The molecule has 5 nitrogen and oxygen atoms in total. The van der Waals surface area contributed by atoms with E-state index < -0.39 is 0 Å². The van der Waals surface area contributed by atoms with Crippen LogP contribution in [-0.4, -0.2) is 87.6 Å². The molecule has 2 heterocycles. The lowest BCUT2D eigenvalue weighted by Crippen LogP contribution is -2.51. The summed E-state index contributed by atoms with van der Waals surface area (Å²) in [6.45, 7) is 12.7. The van der Waals surface area contributed by atoms with Gasteiger partial charge in [-0.2, -0.15) is 0 Å². The van der Waals surface area contributed by atoms with E-state index in [1.54, 1.807) is 7.11 Å². The van der Waals surface area contributed by atoms with E-state index in [4.69, 9.17) is 9.47 Å². The number of hydrogen-bond donors (Lipinski definition) is 1. The van der Waals surface area contributed by atoms with Gasteiger partial charge in [-0.1, -0.05) is 0 Å². The van der Waals surface area contributed by atoms with Crippen LogP contribution in [0, 0.1) is 0 Å². The van der Waals surface area contributed by atoms with Crippen molar-refractivity contribution in [2.24, 2.45) is 0 Å². The highest BCUT2D eigenvalue weighted by Crippen LogP contribution is 2.19. The van der Waals surface area contributed by atoms with Crippen molar-refractivity contribution in [1.82, 2.24) is 15.1 Å². The lowest BCUT2D eigenvalue weighted by atomic mass is 10.2. The molecule has 124 valence electrons. The minimum absolute atomic E-state index is 0.376. The Labute approximate surface area is 129 Å². The van der Waals surface area contributed by atoms with Crippen LogP contribution in [0.4, 0.5) is 0 Å². The summed E-state index contributed by atoms with van der Waals surface area (Å²) < 4.78 is 11.1. The molecule has 0 amide bonds. The number of likely N-dealkylation sites (tertiary alicyclic amines) is 1. The molecule has 2 rings (SSSR count). The van der Waals surface area contributed by atoms with Crippen molar-refractivity contribution < 1.29 is 9.47 Å². The van der Waals surface area contributed by atoms with E-state index in [9.17, 15) is 0 Å². The highest BCUT2D eigenvalue weighted by atomic mass is 16.5. The van der Waals surface area contributed by atoms with Crippen molar-refractivity contribution in [2.45, 2.75) is 44.9 Å². The molecule has 0 aliphatic carbocycles. The van der Waals surface area contributed by atoms with Gasteiger partial charge in [0.1, 0.15) is 0 Å². The first-order chi connectivity index (χ1) is 10.2. The third-order valence-corrected chi connectivity index (χ3v) is 4.70. The number of ether oxygens (including phenoxy) is 2. The van der Waals surface area contributed by atoms with Crippen LogP contribution in [0.5, 0.6) is 0 Å². The van der Waals surface area contributed by atoms with Gasteiger partial charge in [-0.15, -0.1) is 0 Å². The van der Waals surface area contributed by atoms with Gasteiger partial charge in [0.25, 0.3) is 0 Å². The molecule has 21 heavy (non-hydrogen) atoms. The van der Waals surface area contributed by atoms with E-state index in [1.165, 1.54) is 19.4 Å². The Morgan fingerprint density at radius 2 is 2.19 bits per heavy atom. The molecule has 2 aliphatic heterocycles. The second-order valence-electron chi connectivity index (χ2n) is 6.57. The summed E-state index contributed by atoms with van der Waals surface area (Å²) in [5, 5.41) is 3.50. The van der Waals surface area contributed by atoms with Crippen LogP contribution >= 0.6 is 0 Å². The lowest BCUT2D eigenvalue weighted by Gasteiger charge is -2.38. The summed E-state index contributed by atoms with van der Waals surface area (Å²) in [5.74, 6) is 0. The Kier molecular flexibility index (Phi) is 7.40. The molecule has 2 aliphatic rings. The van der Waals surface area contributed by atoms with Crippen molar-refractivity contribution in [2.75, 3.05) is 59.6 Å². The molecule has 0 bridgehead atoms. The first kappa shape index (κ1) is 17.2. The first-order valence-electron chi connectivity index (χ1n) is 8.50. The van der Waals surface area contributed by atoms with Crippen LogP contribution in [0.3, 0.4) is 0 Å². The molecule has 5 heteroatoms. The first-order valence-corrected chi connectivity index (χ1v) is 8.50. The standard InChI is InChI=1S/C16H33N3O2/c1-14(2)18-8-10-21-16(12-18)13-19-7-4-5-15(19)11-17-6-9-20-3/h14-17H,4-13H2,1-3H3. The molecule has 2 unspecified atom stereocenters. The van der Waals surface area contributed by atoms with E-state index in [2.05, 4.69) is 29.0 Å². The maximum Gasteiger partial charge on any atom is 0.0829 e. The van der Waals surface area contributed by atoms with Crippen LogP contribution < -0.4 is 5.32 Å². The van der Waals surface area contributed by atoms with Gasteiger partial charge in [0.15, 0.2) is 0 Å². The van der Waals surface area contributed by atoms with Gasteiger partial charge in [0.05, 0.1) is 19.3 Å². The Balaban J connectivity index is 1.72. The average Bonchev–Trinajstić information content (AvgIpc) is 2.91. The van der Waals surface area contributed by atoms with Crippen molar-refractivity contribution in [3.05, 3.63) is 0 Å². The van der Waals surface area contributed by atoms with Gasteiger partial charge in [0, 0.05) is 51.9 Å². The van der Waals surface area contributed by atoms with Gasteiger partial charge < -0.3 is 14.8 Å². The van der Waals surface area contributed by atoms with Gasteiger partial charge >= 0.3 is 0 Å². The highest BCUT2D eigenvalue weighted by molar-refractivity contribution is 4.85. The molecule has 0 aromatic carbocycles. The van der Waals surface area contributed by atoms with E-state index in [1.807, 2.05) is 0 Å². The monoisotopic (exact) mass is 299 g/mol. The Bertz CT molecular complexity index is 289. The SMILES string of the molecule is COCCNCC1CCCN1CC1CN(C(C)C)CCO1. The lowest BCUT2D eigenvalue weighted by molar-refractivity contribution is -0.0534. The fourth-order valence-corrected chi connectivity index (χ4v) is 3.39. The third-order valence-electron chi connectivity index (χ3n) is 4.70. The van der Waals surface area contributed by atoms with Crippen LogP contribution in [0.25, 0.3) is 0 Å². The van der Waals surface area contributed by atoms with Crippen molar-refractivity contribution in [3.63, 3.8) is 0 Å². The molecule has 0 aromatic heterocycles. The summed E-state index contributed by atoms with van der Waals surface area (Å²) >= 11 is 0. The van der Waals surface area contributed by atoms with E-state index in [-0.39, 0.29) is 0 Å². The van der Waals surface area contributed by atoms with E-state index in [0.717, 1.165) is 45.9 Å². The van der Waals surface area contributed by atoms with E-state index in [0.29, 0.717) is 18.2 Å². The van der Waals surface area contributed by atoms with Crippen LogP contribution in [0.15, 0.2) is 0 Å². The molecule has 1 N–H and O–H groups in total. The molecule has 2 atom stereocenters. The zero-order chi connectivity index (χ0) is 15.1. The highest BCUT2D eigenvalue weighted by Gasteiger charge is 2.29. The smallest absolute Gasteiger partial charge is 0.0829 e. The largest absolute Gasteiger partial charge is 0.383 e. The summed E-state index contributed by atoms with van der Waals surface area (Å²) in [6.07, 6.45) is 3.00. The molecule has 2 fully saturated rings. The molecule has 0 spiro atoms. The van der Waals surface area contributed by atoms with E-state index >= 15 is 0 Å². The number of nitrogens with zero attached hydrogens (tertiary/aromatic N) is 2. The number of morpholine rings is 1. The summed E-state index contributed by atoms with van der Waals surface area (Å²) in [7, 11) is 1.75. The fourth-order valence-electron chi connectivity index (χ4n) is 3.39. The van der Waals surface area contributed by atoms with Gasteiger partial charge in [0.2, 0.25) is 0 Å². The molecule has 0 radical (unpaired) electrons. The second kappa shape index (κ2) is 9.06. The summed E-state index contributed by atoms with van der Waals surface area (Å²) in [6, 6.07) is 1.29. The average molecular weight is 299 g/mol. The maximum atomic E-state index is 5.99. The predicted molar refractivity (Wildman–Crippen MR) is 85.8 cm³/mol. The van der Waals surface area contributed by atoms with Gasteiger partial charge in [-0.05, 0) is 33.2 Å². The number of hydrogen-bond acceptors (Lipinski definition) is 5. The second-order valence-corrected chi connectivity index (χ2v) is 6.57. The topological polar surface area (TPSA) is 37.0 Å². The third kappa shape index (κ3) is 5.49. The zero-order valence-corrected chi connectivity index (χ0v) is 14.0. The Morgan fingerprint density at radius 1 is 1.33 bits per heavy atom. The fraction of sp³-hybridized carbons (Fsp3) is 1.00. The van der Waals surface area contributed by atoms with Crippen molar-refractivity contribution in [1.29, 1.82) is 0 Å². The molecule has 0 saturated carbocycles. The molecule has 2 saturated heterocycles. The summed E-state index contributed by atoms with van der Waals surface area (Å²) in [5.41, 5.74) is 0. The quantitative estimate of drug-likeness (QED) is 0.671. The van der Waals surface area contributed by atoms with Crippen molar-refractivity contribution in [3.8, 4) is 0 Å². The van der Waals surface area contributed by atoms with Gasteiger partial charge in [-0.25, -0.2) is 0 Å². The molecular formula is C16H33N3O2. The number of methoxy groups -OCH3 is 1. The van der Waals surface area contributed by atoms with Crippen molar-refractivity contribution >= 4 is 0 Å². The maximum absolute atomic E-state index is 5.99. The van der Waals surface area contributed by atoms with Crippen LogP contribution in [-0.2, 0) is 9.47 Å². The minimum atomic E-state index is 0.376. The van der Waals surface area contributed by atoms with Crippen LogP contribution in [0.2, 0.25) is 0 Å². The zero-order valence-electron chi connectivity index (χ0n) is 14.0. The number of rotatable bonds is 8. The predicted octanol–water partition coefficient (Wildman–Crippen LogP) is 0.796. The Morgan fingerprint density at radius 3 is 2.95 bits per heavy atom. The minimum Gasteiger partial charge on any atom is -0.383 e. The Hall–Kier alpha value is -0.200.